The number of primary amides is 1. The van der Waals surface area contributed by atoms with Crippen molar-refractivity contribution in [3.8, 4) is 40.2 Å². The van der Waals surface area contributed by atoms with Crippen molar-refractivity contribution in [3.05, 3.63) is 424 Å². The molecule has 16 heteroatoms. The molecule has 0 spiro atoms. The van der Waals surface area contributed by atoms with Crippen molar-refractivity contribution in [3.63, 3.8) is 0 Å². The molecule has 0 saturated heterocycles. The minimum atomic E-state index is -1.61. The summed E-state index contributed by atoms with van der Waals surface area (Å²) in [6, 6.07) is 98.1. The van der Waals surface area contributed by atoms with Gasteiger partial charge in [-0.25, -0.2) is 28.8 Å². The monoisotopic (exact) mass is 1380 g/mol. The maximum absolute atomic E-state index is 14.5. The fraction of sp³-hybridized carbons (Fsp3) is 0.0449. The average Bonchev–Trinajstić information content (AvgIpc) is 0.751. The molecule has 0 saturated carbocycles. The second-order valence-corrected chi connectivity index (χ2v) is 24.2. The molecule has 105 heavy (non-hydrogen) atoms. The van der Waals surface area contributed by atoms with Crippen LogP contribution in [-0.2, 0) is 22.4 Å². The molecule has 0 radical (unpaired) electrons. The molecular weight excluding hydrogens is 1320 g/mol. The molecule has 0 fully saturated rings. The number of benzene rings is 13. The second kappa shape index (κ2) is 32.1. The van der Waals surface area contributed by atoms with E-state index >= 15 is 0 Å². The molecule has 1 amide bonds. The van der Waals surface area contributed by atoms with Crippen molar-refractivity contribution in [2.24, 2.45) is 5.73 Å². The molecule has 0 aliphatic heterocycles. The molecule has 16 nitrogen and oxygen atoms in total. The Labute approximate surface area is 604 Å². The smallest absolute Gasteiger partial charge is 0.343 e. The van der Waals surface area contributed by atoms with Crippen molar-refractivity contribution >= 4 is 41.7 Å². The number of hydrogen-bond acceptors (Lipinski definition) is 15. The van der Waals surface area contributed by atoms with Crippen LogP contribution in [0.4, 0.5) is 0 Å². The lowest BCUT2D eigenvalue weighted by molar-refractivity contribution is -0.120. The van der Waals surface area contributed by atoms with Gasteiger partial charge in [0, 0.05) is 16.7 Å². The summed E-state index contributed by atoms with van der Waals surface area (Å²) in [4.78, 5) is 95.1. The van der Waals surface area contributed by atoms with Gasteiger partial charge in [0.1, 0.15) is 40.2 Å². The topological polar surface area (TPSA) is 222 Å². The number of amides is 1. The first-order chi connectivity index (χ1) is 51.3. The first-order valence-electron chi connectivity index (χ1n) is 33.4. The number of rotatable bonds is 25. The van der Waals surface area contributed by atoms with Crippen LogP contribution in [0.25, 0.3) is 0 Å². The molecule has 1 atom stereocenters. The van der Waals surface area contributed by atoms with E-state index in [9.17, 15) is 33.6 Å². The Hall–Kier alpha value is -14.1. The highest BCUT2D eigenvalue weighted by Crippen LogP contribution is 2.45. The average molecular weight is 1390 g/mol. The summed E-state index contributed by atoms with van der Waals surface area (Å²) >= 11 is 0. The minimum Gasteiger partial charge on any atom is -0.473 e. The Bertz CT molecular complexity index is 4710. The number of ether oxygens (including phenoxy) is 7. The Morgan fingerprint density at radius 1 is 0.257 bits per heavy atom. The van der Waals surface area contributed by atoms with E-state index in [1.807, 2.05) is 0 Å². The summed E-state index contributed by atoms with van der Waals surface area (Å²) in [7, 11) is 0. The number of carbonyl (C=O) groups excluding carboxylic acids is 7. The number of nitrogens with two attached hydrogens (primary N) is 1. The van der Waals surface area contributed by atoms with Gasteiger partial charge < -0.3 is 38.9 Å². The fourth-order valence-corrected chi connectivity index (χ4v) is 12.1. The summed E-state index contributed by atoms with van der Waals surface area (Å²) in [5, 5.41) is 3.69. The summed E-state index contributed by atoms with van der Waals surface area (Å²) in [5.41, 5.74) is 9.28. The van der Waals surface area contributed by atoms with E-state index in [0.29, 0.717) is 78.1 Å². The van der Waals surface area contributed by atoms with Gasteiger partial charge in [0.25, 0.3) is 0 Å². The lowest BCUT2D eigenvalue weighted by Crippen LogP contribution is -2.55. The third-order valence-corrected chi connectivity index (χ3v) is 17.3. The van der Waals surface area contributed by atoms with E-state index in [-0.39, 0.29) is 40.9 Å². The SMILES string of the molecule is NC(=O)[C@H](Cc1ccc(OC(c2ccc(OC(=O)c3ccccc3)cc2)(c2ccc(OC(=O)c3ccccc3)cc2)c2ccc(OC(=O)c3ccccc3)cc2)cc1)NC(c1ccc(OC(=O)c2ccccc2)cc1)(c1ccc(OC(=O)c2ccccc2)cc1)c1ccc(OC(=O)c2ccccc2)cc1. The fourth-order valence-electron chi connectivity index (χ4n) is 12.1. The number of hydrogen-bond donors (Lipinski definition) is 2. The quantitative estimate of drug-likeness (QED) is 0.0308. The van der Waals surface area contributed by atoms with Crippen LogP contribution < -0.4 is 44.2 Å². The summed E-state index contributed by atoms with van der Waals surface area (Å²) in [6.07, 6.45) is -0.0235. The zero-order valence-corrected chi connectivity index (χ0v) is 56.1. The molecule has 0 bridgehead atoms. The van der Waals surface area contributed by atoms with Crippen molar-refractivity contribution < 1.29 is 66.7 Å². The van der Waals surface area contributed by atoms with Crippen molar-refractivity contribution in [2.45, 2.75) is 23.6 Å². The molecule has 13 aromatic carbocycles. The first kappa shape index (κ1) is 69.4. The van der Waals surface area contributed by atoms with Gasteiger partial charge in [-0.2, -0.15) is 0 Å². The molecule has 13 aromatic rings. The van der Waals surface area contributed by atoms with Crippen LogP contribution in [-0.4, -0.2) is 47.8 Å². The van der Waals surface area contributed by atoms with Gasteiger partial charge in [-0.05, 0) is 186 Å². The lowest BCUT2D eigenvalue weighted by atomic mass is 9.76. The molecule has 0 aliphatic carbocycles. The Kier molecular flexibility index (Phi) is 21.2. The van der Waals surface area contributed by atoms with E-state index < -0.39 is 58.9 Å². The molecule has 514 valence electrons. The molecular formula is C89H64N2O14. The van der Waals surface area contributed by atoms with Crippen LogP contribution in [0.3, 0.4) is 0 Å². The number of carbonyl (C=O) groups is 7. The highest BCUT2D eigenvalue weighted by atomic mass is 16.6. The minimum absolute atomic E-state index is 0.0235. The van der Waals surface area contributed by atoms with Crippen LogP contribution in [0, 0.1) is 0 Å². The van der Waals surface area contributed by atoms with Crippen LogP contribution in [0.5, 0.6) is 40.2 Å². The van der Waals surface area contributed by atoms with Crippen LogP contribution in [0.15, 0.2) is 352 Å². The highest BCUT2D eigenvalue weighted by molar-refractivity contribution is 5.94. The third kappa shape index (κ3) is 16.4. The summed E-state index contributed by atoms with van der Waals surface area (Å²) in [6.45, 7) is 0. The predicted molar refractivity (Wildman–Crippen MR) is 394 cm³/mol. The maximum Gasteiger partial charge on any atom is 0.343 e. The number of esters is 6. The van der Waals surface area contributed by atoms with E-state index in [2.05, 4.69) is 5.32 Å². The number of nitrogens with one attached hydrogen (secondary N) is 1. The predicted octanol–water partition coefficient (Wildman–Crippen LogP) is 16.4. The van der Waals surface area contributed by atoms with E-state index in [4.69, 9.17) is 38.9 Å². The van der Waals surface area contributed by atoms with Gasteiger partial charge in [-0.1, -0.05) is 194 Å². The summed E-state index contributed by atoms with van der Waals surface area (Å²) < 4.78 is 42.7. The molecule has 3 N–H and O–H groups in total. The van der Waals surface area contributed by atoms with Crippen LogP contribution in [0.1, 0.15) is 101 Å². The van der Waals surface area contributed by atoms with E-state index in [0.717, 1.165) is 0 Å². The van der Waals surface area contributed by atoms with Gasteiger partial charge in [-0.3, -0.25) is 10.1 Å². The zero-order chi connectivity index (χ0) is 72.5. The zero-order valence-electron chi connectivity index (χ0n) is 56.1. The van der Waals surface area contributed by atoms with Gasteiger partial charge in [0.2, 0.25) is 5.91 Å². The van der Waals surface area contributed by atoms with Gasteiger partial charge in [0.05, 0.1) is 45.0 Å². The van der Waals surface area contributed by atoms with Crippen molar-refractivity contribution in [1.82, 2.24) is 5.32 Å². The Morgan fingerprint density at radius 2 is 0.457 bits per heavy atom. The van der Waals surface area contributed by atoms with Gasteiger partial charge >= 0.3 is 35.8 Å². The second-order valence-electron chi connectivity index (χ2n) is 24.2. The van der Waals surface area contributed by atoms with Gasteiger partial charge in [-0.15, -0.1) is 0 Å². The van der Waals surface area contributed by atoms with Gasteiger partial charge in [0.15, 0.2) is 5.60 Å². The lowest BCUT2D eigenvalue weighted by Gasteiger charge is -2.40. The van der Waals surface area contributed by atoms with Crippen molar-refractivity contribution in [1.29, 1.82) is 0 Å². The molecule has 0 aliphatic rings. The van der Waals surface area contributed by atoms with Crippen LogP contribution >= 0.6 is 0 Å². The maximum atomic E-state index is 14.5. The molecule has 0 unspecified atom stereocenters. The first-order valence-corrected chi connectivity index (χ1v) is 33.4. The Morgan fingerprint density at radius 3 is 0.667 bits per heavy atom. The largest absolute Gasteiger partial charge is 0.473 e. The Balaban J connectivity index is 0.886. The normalized spacial score (nSPS) is 11.4. The van der Waals surface area contributed by atoms with Crippen LogP contribution in [0.2, 0.25) is 0 Å². The highest BCUT2D eigenvalue weighted by Gasteiger charge is 2.42. The molecule has 13 rings (SSSR count). The van der Waals surface area contributed by atoms with E-state index in [1.165, 1.54) is 0 Å². The van der Waals surface area contributed by atoms with E-state index in [1.54, 1.807) is 352 Å². The standard InChI is InChI=1S/C89H64N2O14/c90-81(92)80(91-88(67-33-47-73(48-34-67)99-82(93)61-19-7-1-8-20-61,68-35-49-74(50-36-68)100-83(94)62-21-9-2-10-22-62)69-37-51-75(52-38-69)101-84(95)63-23-11-3-12-24-63)59-60-31-45-79(46-32-60)105-89(70-39-53-76(54-40-70)102-85(96)64-25-13-4-14-26-64,71-41-55-77(56-42-71)103-86(97)65-27-15-5-16-28-65)72-43-57-78(58-44-72)104-87(98)66-29-17-6-18-30-66/h1-58,80,91H,59H2,(H2,90,92)/t80-/m0/s1. The van der Waals surface area contributed by atoms with Crippen molar-refractivity contribution in [2.75, 3.05) is 0 Å². The molecule has 0 heterocycles. The molecule has 0 aromatic heterocycles. The summed E-state index contributed by atoms with van der Waals surface area (Å²) in [5.74, 6) is -2.52. The third-order valence-electron chi connectivity index (χ3n) is 17.3.